The van der Waals surface area contributed by atoms with Crippen LogP contribution in [0.25, 0.3) is 6.08 Å². The minimum Gasteiger partial charge on any atom is -0.259 e. The Kier molecular flexibility index (Phi) is 4.25. The summed E-state index contributed by atoms with van der Waals surface area (Å²) in [5.74, 6) is 0. The summed E-state index contributed by atoms with van der Waals surface area (Å²) >= 11 is 0. The zero-order valence-electron chi connectivity index (χ0n) is 10.7. The smallest absolute Gasteiger partial charge is 0.251 e. The van der Waals surface area contributed by atoms with Gasteiger partial charge in [0.2, 0.25) is 0 Å². The first-order valence-electron chi connectivity index (χ1n) is 6.08. The quantitative estimate of drug-likeness (QED) is 0.627. The third-order valence-electron chi connectivity index (χ3n) is 2.81. The molecule has 0 amide bonds. The van der Waals surface area contributed by atoms with Gasteiger partial charge in [-0.2, -0.15) is 5.26 Å². The van der Waals surface area contributed by atoms with E-state index < -0.39 is 0 Å². The monoisotopic (exact) mass is 264 g/mol. The maximum absolute atomic E-state index is 11.1. The first-order chi connectivity index (χ1) is 9.69. The lowest BCUT2D eigenvalue weighted by molar-refractivity contribution is -0.425. The van der Waals surface area contributed by atoms with E-state index in [0.29, 0.717) is 11.1 Å². The molecule has 0 aliphatic carbocycles. The molecule has 98 valence electrons. The van der Waals surface area contributed by atoms with Crippen molar-refractivity contribution in [3.8, 4) is 6.07 Å². The maximum atomic E-state index is 11.1. The number of hydrogen-bond acceptors (Lipinski definition) is 3. The Morgan fingerprint density at radius 2 is 1.95 bits per heavy atom. The molecule has 0 aliphatic heterocycles. The lowest BCUT2D eigenvalue weighted by atomic mass is 10.1. The fraction of sp³-hybridized carbons (Fsp3) is 0.0625. The minimum atomic E-state index is -0.383. The Balaban J connectivity index is 2.31. The highest BCUT2D eigenvalue weighted by Crippen LogP contribution is 2.14. The molecule has 0 saturated carbocycles. The van der Waals surface area contributed by atoms with Gasteiger partial charge in [0.15, 0.2) is 0 Å². The molecule has 0 bridgehead atoms. The molecule has 4 heteroatoms. The van der Waals surface area contributed by atoms with Crippen LogP contribution in [0.4, 0.5) is 0 Å². The van der Waals surface area contributed by atoms with Crippen LogP contribution in [0.5, 0.6) is 0 Å². The molecule has 0 radical (unpaired) electrons. The SMILES string of the molecule is N#Cc1cccc(C=C(Cc2ccccc2)[N+](=O)[O-])c1. The Morgan fingerprint density at radius 3 is 2.60 bits per heavy atom. The first-order valence-corrected chi connectivity index (χ1v) is 6.08. The highest BCUT2D eigenvalue weighted by Gasteiger charge is 2.11. The molecular weight excluding hydrogens is 252 g/mol. The molecule has 2 aromatic rings. The number of nitro groups is 1. The zero-order chi connectivity index (χ0) is 14.4. The van der Waals surface area contributed by atoms with E-state index in [0.717, 1.165) is 5.56 Å². The van der Waals surface area contributed by atoms with Crippen LogP contribution in [0, 0.1) is 21.4 Å². The molecule has 0 aliphatic rings. The van der Waals surface area contributed by atoms with E-state index in [1.165, 1.54) is 6.08 Å². The van der Waals surface area contributed by atoms with Gasteiger partial charge in [0.1, 0.15) is 0 Å². The van der Waals surface area contributed by atoms with Crippen molar-refractivity contribution in [3.63, 3.8) is 0 Å². The van der Waals surface area contributed by atoms with Crippen molar-refractivity contribution in [3.05, 3.63) is 87.1 Å². The summed E-state index contributed by atoms with van der Waals surface area (Å²) in [7, 11) is 0. The van der Waals surface area contributed by atoms with Crippen LogP contribution in [-0.2, 0) is 6.42 Å². The summed E-state index contributed by atoms with van der Waals surface area (Å²) in [4.78, 5) is 10.8. The molecule has 0 saturated heterocycles. The molecule has 0 N–H and O–H groups in total. The van der Waals surface area contributed by atoms with Gasteiger partial charge in [-0.1, -0.05) is 42.5 Å². The van der Waals surface area contributed by atoms with Gasteiger partial charge in [0, 0.05) is 6.08 Å². The second kappa shape index (κ2) is 6.30. The molecule has 0 atom stereocenters. The third kappa shape index (κ3) is 3.53. The molecule has 0 aromatic heterocycles. The van der Waals surface area contributed by atoms with E-state index in [-0.39, 0.29) is 17.0 Å². The number of nitrogens with zero attached hydrogens (tertiary/aromatic N) is 2. The van der Waals surface area contributed by atoms with E-state index in [9.17, 15) is 10.1 Å². The molecule has 0 unspecified atom stereocenters. The van der Waals surface area contributed by atoms with Gasteiger partial charge in [0.05, 0.1) is 23.0 Å². The van der Waals surface area contributed by atoms with Crippen molar-refractivity contribution < 1.29 is 4.92 Å². The summed E-state index contributed by atoms with van der Waals surface area (Å²) in [5, 5.41) is 20.0. The average molecular weight is 264 g/mol. The topological polar surface area (TPSA) is 66.9 Å². The van der Waals surface area contributed by atoms with Crippen LogP contribution in [0.15, 0.2) is 60.3 Å². The minimum absolute atomic E-state index is 0.103. The van der Waals surface area contributed by atoms with Crippen molar-refractivity contribution >= 4 is 6.08 Å². The largest absolute Gasteiger partial charge is 0.259 e. The third-order valence-corrected chi connectivity index (χ3v) is 2.81. The van der Waals surface area contributed by atoms with E-state index in [1.807, 2.05) is 36.4 Å². The summed E-state index contributed by atoms with van der Waals surface area (Å²) in [5.41, 5.74) is 2.13. The fourth-order valence-electron chi connectivity index (χ4n) is 1.86. The summed E-state index contributed by atoms with van der Waals surface area (Å²) < 4.78 is 0. The molecule has 20 heavy (non-hydrogen) atoms. The van der Waals surface area contributed by atoms with Crippen molar-refractivity contribution in [2.24, 2.45) is 0 Å². The van der Waals surface area contributed by atoms with Gasteiger partial charge in [-0.05, 0) is 23.3 Å². The molecule has 4 nitrogen and oxygen atoms in total. The predicted molar refractivity (Wildman–Crippen MR) is 76.3 cm³/mol. The molecule has 0 fully saturated rings. The Bertz CT molecular complexity index is 685. The second-order valence-electron chi connectivity index (χ2n) is 4.29. The Labute approximate surface area is 116 Å². The molecule has 2 aromatic carbocycles. The highest BCUT2D eigenvalue weighted by atomic mass is 16.6. The first kappa shape index (κ1) is 13.5. The van der Waals surface area contributed by atoms with E-state index in [1.54, 1.807) is 24.3 Å². The molecule has 2 rings (SSSR count). The lowest BCUT2D eigenvalue weighted by Crippen LogP contribution is -2.02. The normalized spacial score (nSPS) is 10.8. The number of nitriles is 1. The van der Waals surface area contributed by atoms with Crippen molar-refractivity contribution in [1.29, 1.82) is 5.26 Å². The lowest BCUT2D eigenvalue weighted by Gasteiger charge is -2.00. The average Bonchev–Trinajstić information content (AvgIpc) is 2.48. The van der Waals surface area contributed by atoms with Crippen LogP contribution in [-0.4, -0.2) is 4.92 Å². The van der Waals surface area contributed by atoms with Crippen LogP contribution in [0.3, 0.4) is 0 Å². The number of hydrogen-bond donors (Lipinski definition) is 0. The number of allylic oxidation sites excluding steroid dienone is 1. The van der Waals surface area contributed by atoms with Gasteiger partial charge in [0.25, 0.3) is 5.70 Å². The highest BCUT2D eigenvalue weighted by molar-refractivity contribution is 5.54. The number of rotatable bonds is 4. The van der Waals surface area contributed by atoms with Gasteiger partial charge >= 0.3 is 0 Å². The van der Waals surface area contributed by atoms with E-state index in [4.69, 9.17) is 5.26 Å². The molecule has 0 heterocycles. The summed E-state index contributed by atoms with van der Waals surface area (Å²) in [6.45, 7) is 0. The van der Waals surface area contributed by atoms with Gasteiger partial charge in [-0.25, -0.2) is 0 Å². The van der Waals surface area contributed by atoms with Crippen molar-refractivity contribution in [2.45, 2.75) is 6.42 Å². The fourth-order valence-corrected chi connectivity index (χ4v) is 1.86. The zero-order valence-corrected chi connectivity index (χ0v) is 10.7. The number of benzene rings is 2. The van der Waals surface area contributed by atoms with E-state index >= 15 is 0 Å². The molecule has 0 spiro atoms. The van der Waals surface area contributed by atoms with Crippen molar-refractivity contribution in [1.82, 2.24) is 0 Å². The summed E-state index contributed by atoms with van der Waals surface area (Å²) in [6.07, 6.45) is 1.76. The van der Waals surface area contributed by atoms with Crippen LogP contribution < -0.4 is 0 Å². The Hall–Kier alpha value is -2.93. The van der Waals surface area contributed by atoms with Crippen LogP contribution >= 0.6 is 0 Å². The van der Waals surface area contributed by atoms with Gasteiger partial charge < -0.3 is 0 Å². The molecular formula is C16H12N2O2. The van der Waals surface area contributed by atoms with Gasteiger partial charge in [-0.15, -0.1) is 0 Å². The van der Waals surface area contributed by atoms with Crippen LogP contribution in [0.2, 0.25) is 0 Å². The maximum Gasteiger partial charge on any atom is 0.251 e. The Morgan fingerprint density at radius 1 is 1.20 bits per heavy atom. The standard InChI is InChI=1S/C16H12N2O2/c17-12-15-8-4-7-14(9-15)11-16(18(19)20)10-13-5-2-1-3-6-13/h1-9,11H,10H2. The summed E-state index contributed by atoms with van der Waals surface area (Å²) in [6, 6.07) is 18.1. The predicted octanol–water partition coefficient (Wildman–Crippen LogP) is 3.42. The van der Waals surface area contributed by atoms with E-state index in [2.05, 4.69) is 0 Å². The van der Waals surface area contributed by atoms with Crippen LogP contribution in [0.1, 0.15) is 16.7 Å². The van der Waals surface area contributed by atoms with Crippen molar-refractivity contribution in [2.75, 3.05) is 0 Å². The van der Waals surface area contributed by atoms with Gasteiger partial charge in [-0.3, -0.25) is 10.1 Å². The second-order valence-corrected chi connectivity index (χ2v) is 4.29.